The second kappa shape index (κ2) is 5.95. The Balaban J connectivity index is 1.60. The van der Waals surface area contributed by atoms with Crippen molar-refractivity contribution >= 4 is 27.5 Å². The van der Waals surface area contributed by atoms with Crippen LogP contribution in [0.2, 0.25) is 0 Å². The maximum atomic E-state index is 12.9. The third-order valence-corrected chi connectivity index (χ3v) is 6.76. The van der Waals surface area contributed by atoms with Crippen molar-refractivity contribution in [3.8, 4) is 0 Å². The highest BCUT2D eigenvalue weighted by molar-refractivity contribution is 7.90. The summed E-state index contributed by atoms with van der Waals surface area (Å²) < 4.78 is 26.6. The van der Waals surface area contributed by atoms with Crippen molar-refractivity contribution in [2.24, 2.45) is 0 Å². The van der Waals surface area contributed by atoms with Crippen LogP contribution in [0.4, 0.5) is 10.5 Å². The number of carbonyl (C=O) groups is 2. The molecule has 0 saturated heterocycles. The largest absolute Gasteiger partial charge is 0.336 e. The lowest BCUT2D eigenvalue weighted by atomic mass is 9.79. The summed E-state index contributed by atoms with van der Waals surface area (Å²) in [6.07, 6.45) is 1.14. The molecule has 4 rings (SSSR count). The van der Waals surface area contributed by atoms with Crippen LogP contribution in [-0.2, 0) is 21.4 Å². The molecule has 1 fully saturated rings. The van der Waals surface area contributed by atoms with E-state index in [-0.39, 0.29) is 23.1 Å². The summed E-state index contributed by atoms with van der Waals surface area (Å²) in [6, 6.07) is 11.7. The van der Waals surface area contributed by atoms with Gasteiger partial charge in [-0.1, -0.05) is 36.4 Å². The maximum absolute atomic E-state index is 12.9. The third-order valence-electron chi connectivity index (χ3n) is 4.99. The number of amides is 2. The van der Waals surface area contributed by atoms with Gasteiger partial charge in [-0.3, -0.25) is 4.79 Å². The molecule has 1 saturated carbocycles. The molecule has 0 aromatic heterocycles. The van der Waals surface area contributed by atoms with E-state index in [9.17, 15) is 18.0 Å². The lowest BCUT2D eigenvalue weighted by Gasteiger charge is -2.30. The number of benzene rings is 2. The van der Waals surface area contributed by atoms with E-state index in [4.69, 9.17) is 0 Å². The lowest BCUT2D eigenvalue weighted by Crippen LogP contribution is -2.43. The van der Waals surface area contributed by atoms with E-state index < -0.39 is 16.1 Å². The van der Waals surface area contributed by atoms with Crippen LogP contribution in [0.15, 0.2) is 47.4 Å². The normalized spacial score (nSPS) is 18.9. The SMILES string of the molecule is Cc1cccc2c1NC(=O)N(Cc1ccc(C3CC(=O)C3)cc1)S2(=O)=O. The fourth-order valence-electron chi connectivity index (χ4n) is 3.36. The minimum Gasteiger partial charge on any atom is -0.305 e. The van der Waals surface area contributed by atoms with Crippen LogP contribution in [0, 0.1) is 6.92 Å². The smallest absolute Gasteiger partial charge is 0.305 e. The molecular weight excluding hydrogens is 352 g/mol. The molecule has 0 atom stereocenters. The van der Waals surface area contributed by atoms with Gasteiger partial charge in [-0.25, -0.2) is 17.5 Å². The minimum absolute atomic E-state index is 0.0363. The Labute approximate surface area is 151 Å². The Hall–Kier alpha value is -2.67. The van der Waals surface area contributed by atoms with Crippen LogP contribution in [0.1, 0.15) is 35.4 Å². The summed E-state index contributed by atoms with van der Waals surface area (Å²) in [5.74, 6) is 0.525. The summed E-state index contributed by atoms with van der Waals surface area (Å²) in [4.78, 5) is 23.6. The topological polar surface area (TPSA) is 83.6 Å². The average molecular weight is 370 g/mol. The fourth-order valence-corrected chi connectivity index (χ4v) is 4.90. The van der Waals surface area contributed by atoms with Gasteiger partial charge in [-0.2, -0.15) is 0 Å². The monoisotopic (exact) mass is 370 g/mol. The molecule has 0 radical (unpaired) electrons. The van der Waals surface area contributed by atoms with Crippen LogP contribution in [0.25, 0.3) is 0 Å². The second-order valence-electron chi connectivity index (χ2n) is 6.78. The molecule has 2 aromatic carbocycles. The highest BCUT2D eigenvalue weighted by Gasteiger charge is 2.37. The molecule has 2 amide bonds. The standard InChI is InChI=1S/C19H18N2O4S/c1-12-3-2-4-17-18(12)20-19(23)21(26(17,24)25)11-13-5-7-14(8-6-13)15-9-16(22)10-15/h2-8,15H,9-11H2,1H3,(H,20,23). The van der Waals surface area contributed by atoms with Crippen LogP contribution in [-0.4, -0.2) is 24.5 Å². The van der Waals surface area contributed by atoms with Crippen molar-refractivity contribution in [1.29, 1.82) is 0 Å². The van der Waals surface area contributed by atoms with Crippen molar-refractivity contribution in [2.45, 2.75) is 37.1 Å². The number of nitrogens with zero attached hydrogens (tertiary/aromatic N) is 1. The molecule has 6 nitrogen and oxygen atoms in total. The van der Waals surface area contributed by atoms with Crippen LogP contribution in [0.5, 0.6) is 0 Å². The van der Waals surface area contributed by atoms with Crippen LogP contribution in [0.3, 0.4) is 0 Å². The lowest BCUT2D eigenvalue weighted by molar-refractivity contribution is -0.124. The number of anilines is 1. The van der Waals surface area contributed by atoms with E-state index in [0.29, 0.717) is 29.7 Å². The number of ketones is 1. The van der Waals surface area contributed by atoms with Crippen molar-refractivity contribution in [3.05, 3.63) is 59.2 Å². The van der Waals surface area contributed by atoms with E-state index >= 15 is 0 Å². The molecule has 1 N–H and O–H groups in total. The third kappa shape index (κ3) is 2.68. The number of rotatable bonds is 3. The van der Waals surface area contributed by atoms with Crippen molar-refractivity contribution in [2.75, 3.05) is 5.32 Å². The molecule has 1 aliphatic heterocycles. The summed E-state index contributed by atoms with van der Waals surface area (Å²) in [7, 11) is -3.90. The van der Waals surface area contributed by atoms with Gasteiger partial charge in [0.1, 0.15) is 10.7 Å². The van der Waals surface area contributed by atoms with E-state index in [0.717, 1.165) is 9.87 Å². The van der Waals surface area contributed by atoms with Gasteiger partial charge in [0.25, 0.3) is 10.0 Å². The first kappa shape index (κ1) is 16.8. The number of urea groups is 1. The quantitative estimate of drug-likeness (QED) is 0.899. The Morgan fingerprint density at radius 1 is 1.08 bits per heavy atom. The Morgan fingerprint density at radius 2 is 1.77 bits per heavy atom. The Bertz CT molecular complexity index is 1000. The molecule has 1 heterocycles. The first-order chi connectivity index (χ1) is 12.4. The number of nitrogens with one attached hydrogen (secondary N) is 1. The summed E-state index contributed by atoms with van der Waals surface area (Å²) >= 11 is 0. The number of carbonyl (C=O) groups excluding carboxylic acids is 2. The number of hydrogen-bond donors (Lipinski definition) is 1. The van der Waals surface area contributed by atoms with Gasteiger partial charge in [-0.15, -0.1) is 0 Å². The highest BCUT2D eigenvalue weighted by Crippen LogP contribution is 2.35. The van der Waals surface area contributed by atoms with Crippen molar-refractivity contribution in [3.63, 3.8) is 0 Å². The summed E-state index contributed by atoms with van der Waals surface area (Å²) in [6.45, 7) is 1.72. The van der Waals surface area contributed by atoms with Crippen molar-refractivity contribution in [1.82, 2.24) is 4.31 Å². The van der Waals surface area contributed by atoms with Crippen LogP contribution < -0.4 is 5.32 Å². The zero-order valence-electron chi connectivity index (χ0n) is 14.2. The van der Waals surface area contributed by atoms with E-state index in [1.165, 1.54) is 6.07 Å². The predicted octanol–water partition coefficient (Wildman–Crippen LogP) is 3.18. The summed E-state index contributed by atoms with van der Waals surface area (Å²) in [5.41, 5.74) is 2.84. The van der Waals surface area contributed by atoms with Gasteiger partial charge < -0.3 is 5.32 Å². The molecule has 0 spiro atoms. The second-order valence-corrected chi connectivity index (χ2v) is 8.61. The molecule has 1 aliphatic carbocycles. The average Bonchev–Trinajstić information content (AvgIpc) is 2.58. The molecule has 2 aliphatic rings. The highest BCUT2D eigenvalue weighted by atomic mass is 32.2. The maximum Gasteiger partial charge on any atom is 0.336 e. The fraction of sp³-hybridized carbons (Fsp3) is 0.263. The van der Waals surface area contributed by atoms with E-state index in [2.05, 4.69) is 5.32 Å². The van der Waals surface area contributed by atoms with Crippen molar-refractivity contribution < 1.29 is 18.0 Å². The zero-order chi connectivity index (χ0) is 18.5. The minimum atomic E-state index is -3.90. The zero-order valence-corrected chi connectivity index (χ0v) is 15.0. The van der Waals surface area contributed by atoms with E-state index in [1.807, 2.05) is 24.3 Å². The molecule has 0 unspecified atom stereocenters. The Morgan fingerprint density at radius 3 is 2.42 bits per heavy atom. The molecular formula is C19H18N2O4S. The molecule has 2 aromatic rings. The predicted molar refractivity (Wildman–Crippen MR) is 96.4 cm³/mol. The first-order valence-corrected chi connectivity index (χ1v) is 9.84. The molecule has 26 heavy (non-hydrogen) atoms. The molecule has 7 heteroatoms. The number of aryl methyl sites for hydroxylation is 1. The van der Waals surface area contributed by atoms with E-state index in [1.54, 1.807) is 19.1 Å². The summed E-state index contributed by atoms with van der Waals surface area (Å²) in [5, 5.41) is 2.68. The van der Waals surface area contributed by atoms with Gasteiger partial charge in [-0.05, 0) is 35.6 Å². The Kier molecular flexibility index (Phi) is 3.84. The number of Topliss-reactive ketones (excluding diaryl/α,β-unsaturated/α-hetero) is 1. The number of hydrogen-bond acceptors (Lipinski definition) is 4. The van der Waals surface area contributed by atoms with Gasteiger partial charge in [0.05, 0.1) is 12.2 Å². The van der Waals surface area contributed by atoms with Gasteiger partial charge in [0.2, 0.25) is 0 Å². The van der Waals surface area contributed by atoms with Gasteiger partial charge >= 0.3 is 6.03 Å². The number of fused-ring (bicyclic) bond motifs is 1. The molecule has 134 valence electrons. The molecule has 0 bridgehead atoms. The van der Waals surface area contributed by atoms with Gasteiger partial charge in [0.15, 0.2) is 0 Å². The first-order valence-electron chi connectivity index (χ1n) is 8.40. The van der Waals surface area contributed by atoms with Crippen LogP contribution >= 0.6 is 0 Å². The number of para-hydroxylation sites is 1. The number of sulfonamides is 1. The van der Waals surface area contributed by atoms with Gasteiger partial charge in [0, 0.05) is 12.8 Å².